The van der Waals surface area contributed by atoms with E-state index in [1.807, 2.05) is 13.8 Å². The fraction of sp³-hybridized carbons (Fsp3) is 0.615. The van der Waals surface area contributed by atoms with E-state index in [2.05, 4.69) is 13.4 Å². The van der Waals surface area contributed by atoms with E-state index in [0.29, 0.717) is 12.8 Å². The number of rotatable bonds is 5. The molecule has 0 aliphatic rings. The van der Waals surface area contributed by atoms with E-state index in [-0.39, 0.29) is 111 Å². The van der Waals surface area contributed by atoms with Gasteiger partial charge in [0, 0.05) is 104 Å². The van der Waals surface area contributed by atoms with Gasteiger partial charge in [0.2, 0.25) is 0 Å². The zero-order valence-electron chi connectivity index (χ0n) is 13.4. The van der Waals surface area contributed by atoms with Gasteiger partial charge >= 0.3 is 0 Å². The molecule has 0 aromatic heterocycles. The topological polar surface area (TPSA) is 118 Å². The molecule has 0 heterocycles. The molecule has 0 unspecified atom stereocenters. The van der Waals surface area contributed by atoms with Crippen LogP contribution < -0.4 is 0 Å². The molecule has 0 aromatic rings. The molecule has 0 saturated heterocycles. The molecule has 0 aliphatic carbocycles. The van der Waals surface area contributed by atoms with Crippen molar-refractivity contribution in [2.75, 3.05) is 19.8 Å². The summed E-state index contributed by atoms with van der Waals surface area (Å²) in [6.45, 7) is 13.8. The number of carbonyl (C=O) groups excluding carboxylic acids is 1. The summed E-state index contributed by atoms with van der Waals surface area (Å²) in [6.07, 6.45) is 1.93. The molecule has 11 heteroatoms. The Morgan fingerprint density at radius 2 is 1.04 bits per heavy atom. The number of hydrogen-bond acceptors (Lipinski definition) is 6. The minimum absolute atomic E-state index is 0. The zero-order valence-corrected chi connectivity index (χ0v) is 19.0. The molecule has 24 heavy (non-hydrogen) atoms. The third kappa shape index (κ3) is 276. The van der Waals surface area contributed by atoms with Crippen LogP contribution in [0.3, 0.4) is 0 Å². The fourth-order valence-corrected chi connectivity index (χ4v) is 0.115. The Labute approximate surface area is 199 Å². The van der Waals surface area contributed by atoms with Crippen molar-refractivity contribution in [2.24, 2.45) is 0 Å². The average Bonchev–Trinajstić information content (AvgIpc) is 2.46. The quantitative estimate of drug-likeness (QED) is 0.219. The Hall–Kier alpha value is 1.61. The molecule has 0 aromatic carbocycles. The van der Waals surface area contributed by atoms with E-state index in [1.165, 1.54) is 6.08 Å². The van der Waals surface area contributed by atoms with E-state index in [1.54, 1.807) is 0 Å². The summed E-state index contributed by atoms with van der Waals surface area (Å²) in [4.78, 5) is 7.75. The first-order chi connectivity index (χ1) is 8.74. The Balaban J connectivity index is -0.00000000819. The Kier molecular flexibility index (Phi) is 450. The van der Waals surface area contributed by atoms with Gasteiger partial charge in [-0.15, -0.1) is 12.8 Å². The normalized spacial score (nSPS) is 4.96. The first kappa shape index (κ1) is 72.7. The van der Waals surface area contributed by atoms with Gasteiger partial charge in [0.05, 0.1) is 0 Å². The molecule has 7 radical (unpaired) electrons. The van der Waals surface area contributed by atoms with Gasteiger partial charge in [0.25, 0.3) is 0 Å². The van der Waals surface area contributed by atoms with Crippen LogP contribution >= 0.6 is 0 Å². The second-order valence-corrected chi connectivity index (χ2v) is 1.81. The Bertz CT molecular complexity index is 109. The molecule has 6 nitrogen and oxygen atoms in total. The predicted molar refractivity (Wildman–Crippen MR) is 84.5 cm³/mol. The van der Waals surface area contributed by atoms with Crippen molar-refractivity contribution >= 4 is 15.2 Å². The molecule has 0 saturated carbocycles. The second kappa shape index (κ2) is 149. The van der Waals surface area contributed by atoms with E-state index < -0.39 is 0 Å². The Morgan fingerprint density at radius 1 is 0.875 bits per heavy atom. The molecule has 0 spiro atoms. The van der Waals surface area contributed by atoms with Crippen molar-refractivity contribution in [1.82, 2.24) is 0 Å². The summed E-state index contributed by atoms with van der Waals surface area (Å²) >= 11 is 0. The van der Waals surface area contributed by atoms with Gasteiger partial charge in [-0.1, -0.05) is 21.3 Å². The number of hydrogen-bond donors (Lipinski definition) is 5. The van der Waals surface area contributed by atoms with Crippen LogP contribution in [-0.4, -0.2) is 60.6 Å². The summed E-state index contributed by atoms with van der Waals surface area (Å²) in [5, 5.41) is 39.0. The molecule has 0 rings (SSSR count). The molecule has 0 bridgehead atoms. The van der Waals surface area contributed by atoms with Crippen molar-refractivity contribution in [3.8, 4) is 0 Å². The van der Waals surface area contributed by atoms with Gasteiger partial charge in [0.1, 0.15) is 0 Å². The van der Waals surface area contributed by atoms with Crippen molar-refractivity contribution < 1.29 is 106 Å². The SMILES string of the molecule is C.CC.O[CH-]CCO.O[CH-]CCO.[2HH].[B].[CH-]=CCO.[CH-]=O.[V].[V].[V].[V]. The third-order valence-electron chi connectivity index (χ3n) is 0.622. The monoisotopic (exact) mass is 500 g/mol. The Morgan fingerprint density at radius 3 is 1.04 bits per heavy atom. The van der Waals surface area contributed by atoms with Crippen molar-refractivity contribution in [1.29, 1.82) is 0 Å². The maximum atomic E-state index is 7.88. The van der Waals surface area contributed by atoms with Crippen molar-refractivity contribution in [3.05, 3.63) is 25.9 Å². The zero-order chi connectivity index (χ0) is 15.7. The van der Waals surface area contributed by atoms with E-state index in [9.17, 15) is 0 Å². The van der Waals surface area contributed by atoms with Gasteiger partial charge in [-0.2, -0.15) is 0 Å². The molecule has 0 atom stereocenters. The largest absolute Gasteiger partial charge is 0.566 e. The van der Waals surface area contributed by atoms with Crippen LogP contribution in [0.4, 0.5) is 0 Å². The maximum Gasteiger partial charge on any atom is 0.0294 e. The predicted octanol–water partition coefficient (Wildman–Crippen LogP) is 1.02. The number of aliphatic hydroxyl groups is 5. The summed E-state index contributed by atoms with van der Waals surface area (Å²) in [7, 11) is 0. The fourth-order valence-electron chi connectivity index (χ4n) is 0.115. The number of aliphatic hydroxyl groups excluding tert-OH is 5. The van der Waals surface area contributed by atoms with Crippen molar-refractivity contribution in [2.45, 2.75) is 34.1 Å². The van der Waals surface area contributed by atoms with Crippen LogP contribution in [0, 0.1) is 19.8 Å². The standard InChI is InChI=1S/2C3H7O2.C3H5O.C2H6.CHO.CH4.B.4V.H2/c2*4-2-1-3-5;1-2-3-4;2*1-2;;;;;;;/h2*2,4-5H,1,3H2;1-2,4H,3H2;1-2H3;1H;1H4;;;;;;1H/q3*-1;;-1;;;;;;;/i;;;;;;;;;;;1+1. The summed E-state index contributed by atoms with van der Waals surface area (Å²) in [5.74, 6) is 0. The van der Waals surface area contributed by atoms with Crippen LogP contribution in [0.25, 0.3) is 0 Å². The van der Waals surface area contributed by atoms with Crippen LogP contribution in [0.1, 0.15) is 35.5 Å². The third-order valence-corrected chi connectivity index (χ3v) is 0.622. The minimum atomic E-state index is -0.0278. The second-order valence-electron chi connectivity index (χ2n) is 1.81. The van der Waals surface area contributed by atoms with Crippen LogP contribution in [0.5, 0.6) is 0 Å². The first-order valence-corrected chi connectivity index (χ1v) is 5.26. The van der Waals surface area contributed by atoms with Gasteiger partial charge in [-0.05, 0) is 0 Å². The molecule has 5 N–H and O–H groups in total. The molecular weight excluding hydrogens is 467 g/mol. The van der Waals surface area contributed by atoms with Crippen LogP contribution in [0.15, 0.2) is 6.08 Å². The molecule has 147 valence electrons. The summed E-state index contributed by atoms with van der Waals surface area (Å²) < 4.78 is 0. The van der Waals surface area contributed by atoms with Crippen LogP contribution in [-0.2, 0) is 79.0 Å². The van der Waals surface area contributed by atoms with Crippen molar-refractivity contribution in [3.63, 3.8) is 0 Å². The molecular formula is C13H32BO6V4-4. The van der Waals surface area contributed by atoms with Gasteiger partial charge in [-0.3, -0.25) is 6.79 Å². The van der Waals surface area contributed by atoms with Gasteiger partial charge < -0.3 is 36.9 Å². The first-order valence-electron chi connectivity index (χ1n) is 5.26. The minimum Gasteiger partial charge on any atom is -0.566 e. The summed E-state index contributed by atoms with van der Waals surface area (Å²) in [5.41, 5.74) is 0. The van der Waals surface area contributed by atoms with Gasteiger partial charge in [-0.25, -0.2) is 19.3 Å². The average molecular weight is 500 g/mol. The van der Waals surface area contributed by atoms with E-state index in [4.69, 9.17) is 30.3 Å². The smallest absolute Gasteiger partial charge is 0.0294 e. The van der Waals surface area contributed by atoms with E-state index >= 15 is 0 Å². The molecule has 0 fully saturated rings. The van der Waals surface area contributed by atoms with E-state index in [0.717, 1.165) is 13.2 Å². The molecule has 0 aliphatic heterocycles. The molecule has 0 amide bonds. The maximum absolute atomic E-state index is 7.88. The van der Waals surface area contributed by atoms with Crippen LogP contribution in [0.2, 0.25) is 0 Å². The summed E-state index contributed by atoms with van der Waals surface area (Å²) in [6, 6.07) is 0. The van der Waals surface area contributed by atoms with Gasteiger partial charge in [0.15, 0.2) is 0 Å².